The van der Waals surface area contributed by atoms with Crippen molar-refractivity contribution >= 4 is 11.6 Å². The fourth-order valence-electron chi connectivity index (χ4n) is 3.09. The first-order valence-corrected chi connectivity index (χ1v) is 7.17. The third-order valence-corrected chi connectivity index (χ3v) is 4.31. The van der Waals surface area contributed by atoms with Crippen LogP contribution in [-0.4, -0.2) is 0 Å². The van der Waals surface area contributed by atoms with E-state index in [9.17, 15) is 0 Å². The summed E-state index contributed by atoms with van der Waals surface area (Å²) in [5, 5.41) is 0.810. The first kappa shape index (κ1) is 11.7. The van der Waals surface area contributed by atoms with Gasteiger partial charge >= 0.3 is 0 Å². The molecular formula is C19H13Cl. The van der Waals surface area contributed by atoms with Crippen LogP contribution in [-0.2, 0) is 6.42 Å². The summed E-state index contributed by atoms with van der Waals surface area (Å²) >= 11 is 6.39. The van der Waals surface area contributed by atoms with Gasteiger partial charge in [-0.15, -0.1) is 0 Å². The topological polar surface area (TPSA) is 0 Å². The molecule has 0 bridgehead atoms. The van der Waals surface area contributed by atoms with Crippen LogP contribution in [0.1, 0.15) is 11.1 Å². The summed E-state index contributed by atoms with van der Waals surface area (Å²) in [5.74, 6) is 0. The van der Waals surface area contributed by atoms with E-state index >= 15 is 0 Å². The molecule has 0 nitrogen and oxygen atoms in total. The molecular weight excluding hydrogens is 264 g/mol. The van der Waals surface area contributed by atoms with Crippen LogP contribution in [0, 0.1) is 0 Å². The Labute approximate surface area is 123 Å². The standard InChI is InChI=1S/C19H13Cl/c20-18-11-4-3-9-16(18)17-10-5-7-14-12-13-6-1-2-8-15(13)19(14)17/h1-11H,12H2. The van der Waals surface area contributed by atoms with E-state index < -0.39 is 0 Å². The maximum Gasteiger partial charge on any atom is 0.0484 e. The Morgan fingerprint density at radius 2 is 1.25 bits per heavy atom. The van der Waals surface area contributed by atoms with Gasteiger partial charge in [0.25, 0.3) is 0 Å². The number of hydrogen-bond acceptors (Lipinski definition) is 0. The molecule has 0 amide bonds. The van der Waals surface area contributed by atoms with E-state index in [2.05, 4.69) is 48.5 Å². The van der Waals surface area contributed by atoms with Crippen LogP contribution in [0.2, 0.25) is 5.02 Å². The molecule has 0 saturated carbocycles. The van der Waals surface area contributed by atoms with Crippen molar-refractivity contribution < 1.29 is 0 Å². The minimum Gasteiger partial charge on any atom is -0.0837 e. The lowest BCUT2D eigenvalue weighted by molar-refractivity contribution is 1.26. The summed E-state index contributed by atoms with van der Waals surface area (Å²) in [7, 11) is 0. The van der Waals surface area contributed by atoms with E-state index in [1.54, 1.807) is 0 Å². The fourth-order valence-corrected chi connectivity index (χ4v) is 3.33. The van der Waals surface area contributed by atoms with Crippen molar-refractivity contribution in [2.24, 2.45) is 0 Å². The fraction of sp³-hybridized carbons (Fsp3) is 0.0526. The Bertz CT molecular complexity index is 802. The van der Waals surface area contributed by atoms with E-state index in [-0.39, 0.29) is 0 Å². The molecule has 0 unspecified atom stereocenters. The van der Waals surface area contributed by atoms with Crippen LogP contribution in [0.15, 0.2) is 66.7 Å². The van der Waals surface area contributed by atoms with Crippen LogP contribution >= 0.6 is 11.6 Å². The molecule has 0 saturated heterocycles. The Balaban J connectivity index is 2.03. The Kier molecular flexibility index (Phi) is 2.64. The summed E-state index contributed by atoms with van der Waals surface area (Å²) in [4.78, 5) is 0. The zero-order valence-corrected chi connectivity index (χ0v) is 11.7. The highest BCUT2D eigenvalue weighted by Gasteiger charge is 2.21. The van der Waals surface area contributed by atoms with Crippen LogP contribution in [0.3, 0.4) is 0 Å². The molecule has 0 fully saturated rings. The maximum absolute atomic E-state index is 6.39. The van der Waals surface area contributed by atoms with Crippen molar-refractivity contribution in [3.05, 3.63) is 82.9 Å². The first-order valence-electron chi connectivity index (χ1n) is 6.79. The predicted molar refractivity (Wildman–Crippen MR) is 85.1 cm³/mol. The highest BCUT2D eigenvalue weighted by molar-refractivity contribution is 6.33. The van der Waals surface area contributed by atoms with Crippen molar-refractivity contribution in [2.75, 3.05) is 0 Å². The quantitative estimate of drug-likeness (QED) is 0.426. The summed E-state index contributed by atoms with van der Waals surface area (Å²) in [5.41, 5.74) is 7.83. The highest BCUT2D eigenvalue weighted by Crippen LogP contribution is 2.44. The molecule has 0 aromatic heterocycles. The van der Waals surface area contributed by atoms with Gasteiger partial charge in [0.2, 0.25) is 0 Å². The molecule has 20 heavy (non-hydrogen) atoms. The molecule has 4 rings (SSSR count). The average Bonchev–Trinajstić information content (AvgIpc) is 2.86. The molecule has 0 N–H and O–H groups in total. The zero-order valence-electron chi connectivity index (χ0n) is 10.9. The largest absolute Gasteiger partial charge is 0.0837 e. The second-order valence-electron chi connectivity index (χ2n) is 5.15. The van der Waals surface area contributed by atoms with Gasteiger partial charge in [-0.25, -0.2) is 0 Å². The van der Waals surface area contributed by atoms with Crippen LogP contribution in [0.5, 0.6) is 0 Å². The number of halogens is 1. The third kappa shape index (κ3) is 1.69. The molecule has 1 aliphatic rings. The Morgan fingerprint density at radius 3 is 2.10 bits per heavy atom. The van der Waals surface area contributed by atoms with Crippen molar-refractivity contribution in [3.8, 4) is 22.3 Å². The van der Waals surface area contributed by atoms with Gasteiger partial charge in [-0.2, -0.15) is 0 Å². The van der Waals surface area contributed by atoms with Gasteiger partial charge in [0.1, 0.15) is 0 Å². The summed E-state index contributed by atoms with van der Waals surface area (Å²) in [6.45, 7) is 0. The SMILES string of the molecule is Clc1ccccc1-c1cccc2c1-c1ccccc1C2. The molecule has 1 heteroatoms. The van der Waals surface area contributed by atoms with E-state index in [4.69, 9.17) is 11.6 Å². The van der Waals surface area contributed by atoms with E-state index in [1.165, 1.54) is 27.8 Å². The normalized spacial score (nSPS) is 12.1. The van der Waals surface area contributed by atoms with Crippen LogP contribution < -0.4 is 0 Å². The van der Waals surface area contributed by atoms with Gasteiger partial charge in [0.15, 0.2) is 0 Å². The molecule has 3 aromatic carbocycles. The molecule has 96 valence electrons. The highest BCUT2D eigenvalue weighted by atomic mass is 35.5. The van der Waals surface area contributed by atoms with Crippen molar-refractivity contribution in [1.29, 1.82) is 0 Å². The second-order valence-corrected chi connectivity index (χ2v) is 5.56. The molecule has 0 spiro atoms. The van der Waals surface area contributed by atoms with E-state index in [1.807, 2.05) is 18.2 Å². The van der Waals surface area contributed by atoms with E-state index in [0.29, 0.717) is 0 Å². The zero-order chi connectivity index (χ0) is 13.5. The number of rotatable bonds is 1. The van der Waals surface area contributed by atoms with Crippen molar-refractivity contribution in [3.63, 3.8) is 0 Å². The minimum absolute atomic E-state index is 0.810. The monoisotopic (exact) mass is 276 g/mol. The van der Waals surface area contributed by atoms with E-state index in [0.717, 1.165) is 17.0 Å². The lowest BCUT2D eigenvalue weighted by Crippen LogP contribution is -1.86. The second kappa shape index (κ2) is 4.50. The molecule has 3 aromatic rings. The van der Waals surface area contributed by atoms with Gasteiger partial charge in [-0.3, -0.25) is 0 Å². The predicted octanol–water partition coefficient (Wildman–Crippen LogP) is 5.58. The summed E-state index contributed by atoms with van der Waals surface area (Å²) < 4.78 is 0. The third-order valence-electron chi connectivity index (χ3n) is 3.98. The molecule has 1 aliphatic carbocycles. The summed E-state index contributed by atoms with van der Waals surface area (Å²) in [6.07, 6.45) is 1.02. The smallest absolute Gasteiger partial charge is 0.0484 e. The van der Waals surface area contributed by atoms with Gasteiger partial charge in [-0.1, -0.05) is 72.3 Å². The molecule has 0 atom stereocenters. The van der Waals surface area contributed by atoms with Crippen molar-refractivity contribution in [2.45, 2.75) is 6.42 Å². The van der Waals surface area contributed by atoms with Gasteiger partial charge in [-0.05, 0) is 40.3 Å². The minimum atomic E-state index is 0.810. The van der Waals surface area contributed by atoms with Gasteiger partial charge < -0.3 is 0 Å². The lowest BCUT2D eigenvalue weighted by Gasteiger charge is -2.11. The molecule has 0 radical (unpaired) electrons. The average molecular weight is 277 g/mol. The van der Waals surface area contributed by atoms with Crippen LogP contribution in [0.25, 0.3) is 22.3 Å². The number of hydrogen-bond donors (Lipinski definition) is 0. The summed E-state index contributed by atoms with van der Waals surface area (Å²) in [6, 6.07) is 23.2. The van der Waals surface area contributed by atoms with Gasteiger partial charge in [0.05, 0.1) is 0 Å². The number of fused-ring (bicyclic) bond motifs is 3. The first-order chi connectivity index (χ1) is 9.84. The lowest BCUT2D eigenvalue weighted by atomic mass is 9.94. The van der Waals surface area contributed by atoms with Gasteiger partial charge in [0, 0.05) is 10.6 Å². The Morgan fingerprint density at radius 1 is 0.600 bits per heavy atom. The van der Waals surface area contributed by atoms with Crippen LogP contribution in [0.4, 0.5) is 0 Å². The number of benzene rings is 3. The maximum atomic E-state index is 6.39. The van der Waals surface area contributed by atoms with Crippen molar-refractivity contribution in [1.82, 2.24) is 0 Å². The molecule has 0 heterocycles. The Hall–Kier alpha value is -2.05. The molecule has 0 aliphatic heterocycles.